The van der Waals surface area contributed by atoms with E-state index < -0.39 is 4.92 Å². The number of aromatic amines is 2. The lowest BCUT2D eigenvalue weighted by Crippen LogP contribution is -2.01. The van der Waals surface area contributed by atoms with Crippen LogP contribution in [0.4, 0.5) is 5.69 Å². The number of fused-ring (bicyclic) bond motifs is 1. The molecule has 0 radical (unpaired) electrons. The highest BCUT2D eigenvalue weighted by molar-refractivity contribution is 5.74. The lowest BCUT2D eigenvalue weighted by atomic mass is 10.3. The van der Waals surface area contributed by atoms with Crippen molar-refractivity contribution >= 4 is 16.7 Å². The predicted octanol–water partition coefficient (Wildman–Crippen LogP) is 1.20. The molecule has 0 aliphatic rings. The molecule has 0 atom stereocenters. The number of benzene rings is 1. The second kappa shape index (κ2) is 2.55. The Labute approximate surface area is 73.6 Å². The highest BCUT2D eigenvalue weighted by atomic mass is 16.6. The molecule has 2 aromatic rings. The van der Waals surface area contributed by atoms with E-state index in [-0.39, 0.29) is 5.69 Å². The van der Waals surface area contributed by atoms with E-state index in [1.54, 1.807) is 6.07 Å². The molecular weight excluding hydrogens is 170 g/mol. The van der Waals surface area contributed by atoms with Crippen LogP contribution in [0.5, 0.6) is 0 Å². The third kappa shape index (κ3) is 1.24. The van der Waals surface area contributed by atoms with Gasteiger partial charge in [-0.2, -0.15) is 0 Å². The Bertz CT molecular complexity index is 475. The highest BCUT2D eigenvalue weighted by Crippen LogP contribution is 2.16. The van der Waals surface area contributed by atoms with Crippen LogP contribution >= 0.6 is 0 Å². The van der Waals surface area contributed by atoms with Crippen molar-refractivity contribution in [2.45, 2.75) is 6.92 Å². The summed E-state index contributed by atoms with van der Waals surface area (Å²) in [5.74, 6) is 0.885. The molecule has 0 aliphatic carbocycles. The minimum absolute atomic E-state index is 0.0998. The van der Waals surface area contributed by atoms with E-state index in [1.807, 2.05) is 6.92 Å². The number of H-pyrrole nitrogens is 2. The van der Waals surface area contributed by atoms with E-state index in [0.29, 0.717) is 0 Å². The molecule has 0 saturated heterocycles. The van der Waals surface area contributed by atoms with E-state index in [9.17, 15) is 10.1 Å². The van der Waals surface area contributed by atoms with Crippen LogP contribution in [0.25, 0.3) is 11.0 Å². The molecule has 5 heteroatoms. The number of rotatable bonds is 1. The third-order valence-electron chi connectivity index (χ3n) is 1.86. The van der Waals surface area contributed by atoms with Gasteiger partial charge in [0.2, 0.25) is 5.82 Å². The maximum absolute atomic E-state index is 10.4. The largest absolute Gasteiger partial charge is 0.273 e. The Morgan fingerprint density at radius 3 is 3.00 bits per heavy atom. The van der Waals surface area contributed by atoms with Gasteiger partial charge in [-0.3, -0.25) is 10.1 Å². The number of hydrogen-bond donors (Lipinski definition) is 1. The van der Waals surface area contributed by atoms with Crippen molar-refractivity contribution in [1.29, 1.82) is 0 Å². The molecule has 1 aromatic heterocycles. The molecule has 13 heavy (non-hydrogen) atoms. The first kappa shape index (κ1) is 7.72. The molecule has 5 nitrogen and oxygen atoms in total. The van der Waals surface area contributed by atoms with Crippen molar-refractivity contribution < 1.29 is 9.91 Å². The first-order chi connectivity index (χ1) is 6.16. The minimum atomic E-state index is -0.407. The van der Waals surface area contributed by atoms with Crippen molar-refractivity contribution in [2.24, 2.45) is 0 Å². The van der Waals surface area contributed by atoms with Crippen LogP contribution in [-0.2, 0) is 0 Å². The molecule has 0 bridgehead atoms. The molecule has 1 heterocycles. The molecule has 0 unspecified atom stereocenters. The summed E-state index contributed by atoms with van der Waals surface area (Å²) in [5, 5.41) is 10.4. The van der Waals surface area contributed by atoms with Crippen LogP contribution in [-0.4, -0.2) is 9.91 Å². The normalized spacial score (nSPS) is 10.5. The number of non-ortho nitro benzene ring substituents is 1. The van der Waals surface area contributed by atoms with Crippen LogP contribution in [0.15, 0.2) is 18.2 Å². The molecule has 0 saturated carbocycles. The monoisotopic (exact) mass is 178 g/mol. The molecule has 0 spiro atoms. The molecule has 2 rings (SSSR count). The van der Waals surface area contributed by atoms with Gasteiger partial charge < -0.3 is 0 Å². The molecule has 0 aliphatic heterocycles. The van der Waals surface area contributed by atoms with Crippen LogP contribution < -0.4 is 4.98 Å². The SMILES string of the molecule is Cc1[nH]c2cc([N+](=O)[O-])ccc2[nH+]1. The van der Waals surface area contributed by atoms with Gasteiger partial charge in [-0.1, -0.05) is 0 Å². The second-order valence-corrected chi connectivity index (χ2v) is 2.86. The van der Waals surface area contributed by atoms with Crippen molar-refractivity contribution in [2.75, 3.05) is 0 Å². The van der Waals surface area contributed by atoms with Crippen LogP contribution in [0.1, 0.15) is 5.82 Å². The Morgan fingerprint density at radius 1 is 1.54 bits per heavy atom. The van der Waals surface area contributed by atoms with Gasteiger partial charge in [-0.05, 0) is 6.07 Å². The molecule has 1 aromatic carbocycles. The summed E-state index contributed by atoms with van der Waals surface area (Å²) in [6, 6.07) is 4.68. The quantitative estimate of drug-likeness (QED) is 0.526. The van der Waals surface area contributed by atoms with E-state index >= 15 is 0 Å². The van der Waals surface area contributed by atoms with Crippen molar-refractivity contribution in [3.05, 3.63) is 34.1 Å². The van der Waals surface area contributed by atoms with Gasteiger partial charge in [0, 0.05) is 13.0 Å². The summed E-state index contributed by atoms with van der Waals surface area (Å²) in [6.45, 7) is 1.87. The van der Waals surface area contributed by atoms with Crippen molar-refractivity contribution in [3.8, 4) is 0 Å². The zero-order chi connectivity index (χ0) is 9.42. The topological polar surface area (TPSA) is 73.1 Å². The zero-order valence-electron chi connectivity index (χ0n) is 7.00. The summed E-state index contributed by atoms with van der Waals surface area (Å²) in [6.07, 6.45) is 0. The average molecular weight is 178 g/mol. The van der Waals surface area contributed by atoms with E-state index in [2.05, 4.69) is 9.97 Å². The van der Waals surface area contributed by atoms with E-state index in [0.717, 1.165) is 16.9 Å². The predicted molar refractivity (Wildman–Crippen MR) is 46.2 cm³/mol. The number of aromatic nitrogens is 2. The minimum Gasteiger partial charge on any atom is -0.258 e. The van der Waals surface area contributed by atoms with Crippen molar-refractivity contribution in [1.82, 2.24) is 4.98 Å². The van der Waals surface area contributed by atoms with Gasteiger partial charge in [0.1, 0.15) is 0 Å². The third-order valence-corrected chi connectivity index (χ3v) is 1.86. The number of aryl methyl sites for hydroxylation is 1. The molecular formula is C8H8N3O2+. The van der Waals surface area contributed by atoms with Gasteiger partial charge in [0.05, 0.1) is 11.0 Å². The van der Waals surface area contributed by atoms with Crippen LogP contribution in [0, 0.1) is 17.0 Å². The number of nitrogens with one attached hydrogen (secondary N) is 2. The van der Waals surface area contributed by atoms with Gasteiger partial charge in [-0.25, -0.2) is 9.97 Å². The Balaban J connectivity index is 2.67. The van der Waals surface area contributed by atoms with Crippen LogP contribution in [0.3, 0.4) is 0 Å². The molecule has 0 amide bonds. The smallest absolute Gasteiger partial charge is 0.258 e. The lowest BCUT2D eigenvalue weighted by Gasteiger charge is -1.86. The highest BCUT2D eigenvalue weighted by Gasteiger charge is 2.11. The van der Waals surface area contributed by atoms with Gasteiger partial charge >= 0.3 is 0 Å². The van der Waals surface area contributed by atoms with Gasteiger partial charge in [0.15, 0.2) is 11.0 Å². The number of nitrogens with zero attached hydrogens (tertiary/aromatic N) is 1. The van der Waals surface area contributed by atoms with E-state index in [4.69, 9.17) is 0 Å². The van der Waals surface area contributed by atoms with E-state index in [1.165, 1.54) is 12.1 Å². The number of hydrogen-bond acceptors (Lipinski definition) is 2. The van der Waals surface area contributed by atoms with Gasteiger partial charge in [-0.15, -0.1) is 0 Å². The molecule has 66 valence electrons. The second-order valence-electron chi connectivity index (χ2n) is 2.86. The molecule has 2 N–H and O–H groups in total. The summed E-state index contributed by atoms with van der Waals surface area (Å²) in [7, 11) is 0. The Kier molecular flexibility index (Phi) is 1.51. The first-order valence-corrected chi connectivity index (χ1v) is 3.83. The van der Waals surface area contributed by atoms with Gasteiger partial charge in [0.25, 0.3) is 5.69 Å². The number of nitro groups is 1. The fraction of sp³-hybridized carbons (Fsp3) is 0.125. The number of nitro benzene ring substituents is 1. The number of imidazole rings is 1. The summed E-state index contributed by atoms with van der Waals surface area (Å²) >= 11 is 0. The summed E-state index contributed by atoms with van der Waals surface area (Å²) < 4.78 is 0. The maximum Gasteiger partial charge on any atom is 0.273 e. The molecule has 0 fully saturated rings. The maximum atomic E-state index is 10.4. The Hall–Kier alpha value is -1.91. The standard InChI is InChI=1S/C8H7N3O2/c1-5-9-7-3-2-6(11(12)13)4-8(7)10-5/h2-4H,1H3,(H,9,10)/p+1. The summed E-state index contributed by atoms with van der Waals surface area (Å²) in [4.78, 5) is 16.1. The zero-order valence-corrected chi connectivity index (χ0v) is 7.00. The summed E-state index contributed by atoms with van der Waals surface area (Å²) in [5.41, 5.74) is 1.73. The van der Waals surface area contributed by atoms with Crippen LogP contribution in [0.2, 0.25) is 0 Å². The van der Waals surface area contributed by atoms with Crippen molar-refractivity contribution in [3.63, 3.8) is 0 Å². The Morgan fingerprint density at radius 2 is 2.31 bits per heavy atom. The fourth-order valence-electron chi connectivity index (χ4n) is 1.29. The first-order valence-electron chi connectivity index (χ1n) is 3.83. The fourth-order valence-corrected chi connectivity index (χ4v) is 1.29. The lowest BCUT2D eigenvalue weighted by molar-refractivity contribution is -0.385. The average Bonchev–Trinajstić information content (AvgIpc) is 2.42.